The molecule has 0 heterocycles. The number of carbonyl (C=O) groups excluding carboxylic acids is 2. The van der Waals surface area contributed by atoms with Crippen LogP contribution in [0.1, 0.15) is 41.6 Å². The highest BCUT2D eigenvalue weighted by molar-refractivity contribution is 7.92. The molecule has 0 saturated heterocycles. The van der Waals surface area contributed by atoms with E-state index in [-0.39, 0.29) is 17.2 Å². The van der Waals surface area contributed by atoms with Gasteiger partial charge >= 0.3 is 5.97 Å². The summed E-state index contributed by atoms with van der Waals surface area (Å²) in [6.07, 6.45) is 2.71. The van der Waals surface area contributed by atoms with Gasteiger partial charge in [-0.15, -0.1) is 0 Å². The van der Waals surface area contributed by atoms with Crippen molar-refractivity contribution in [1.82, 2.24) is 5.32 Å². The maximum atomic E-state index is 12.2. The predicted molar refractivity (Wildman–Crippen MR) is 122 cm³/mol. The van der Waals surface area contributed by atoms with Crippen molar-refractivity contribution in [2.24, 2.45) is 0 Å². The van der Waals surface area contributed by atoms with Gasteiger partial charge in [0.2, 0.25) is 10.0 Å². The highest BCUT2D eigenvalue weighted by Gasteiger charge is 2.17. The van der Waals surface area contributed by atoms with Crippen molar-refractivity contribution in [3.8, 4) is 0 Å². The van der Waals surface area contributed by atoms with Crippen molar-refractivity contribution >= 4 is 50.8 Å². The number of sulfonamides is 1. The van der Waals surface area contributed by atoms with E-state index in [0.717, 1.165) is 24.7 Å². The number of esters is 1. The number of ether oxygens (including phenoxy) is 1. The SMILES string of the molecule is CCCC(CNC(=O)COC(=O)c1cccc(NS(C)(=O)=O)c1)c1ccc(Cl)cc1Cl. The zero-order valence-corrected chi connectivity index (χ0v) is 19.5. The van der Waals surface area contributed by atoms with Crippen LogP contribution in [0.25, 0.3) is 0 Å². The fourth-order valence-corrected chi connectivity index (χ4v) is 4.09. The van der Waals surface area contributed by atoms with Crippen molar-refractivity contribution in [2.75, 3.05) is 24.1 Å². The first-order valence-electron chi connectivity index (χ1n) is 9.55. The Hall–Kier alpha value is -2.29. The van der Waals surface area contributed by atoms with Crippen LogP contribution in [-0.4, -0.2) is 39.7 Å². The standard InChI is InChI=1S/C21H24Cl2N2O5S/c1-3-5-15(18-9-8-16(22)11-19(18)23)12-24-20(26)13-30-21(27)14-6-4-7-17(10-14)25-31(2,28)29/h4,6-11,15,25H,3,5,12-13H2,1-2H3,(H,24,26). The molecular formula is C21H24Cl2N2O5S. The Morgan fingerprint density at radius 1 is 1.13 bits per heavy atom. The largest absolute Gasteiger partial charge is 0.452 e. The van der Waals surface area contributed by atoms with E-state index in [4.69, 9.17) is 27.9 Å². The van der Waals surface area contributed by atoms with Gasteiger partial charge in [0.05, 0.1) is 11.8 Å². The molecule has 31 heavy (non-hydrogen) atoms. The minimum atomic E-state index is -3.48. The Morgan fingerprint density at radius 2 is 1.87 bits per heavy atom. The van der Waals surface area contributed by atoms with Gasteiger partial charge in [0.1, 0.15) is 0 Å². The van der Waals surface area contributed by atoms with E-state index in [1.54, 1.807) is 12.1 Å². The highest BCUT2D eigenvalue weighted by atomic mass is 35.5. The Labute approximate surface area is 192 Å². The third-order valence-electron chi connectivity index (χ3n) is 4.32. The summed E-state index contributed by atoms with van der Waals surface area (Å²) in [7, 11) is -3.48. The van der Waals surface area contributed by atoms with E-state index in [0.29, 0.717) is 16.6 Å². The maximum absolute atomic E-state index is 12.2. The predicted octanol–water partition coefficient (Wildman–Crippen LogP) is 4.22. The summed E-state index contributed by atoms with van der Waals surface area (Å²) in [5, 5.41) is 3.83. The Kier molecular flexibility index (Phi) is 9.15. The molecule has 0 radical (unpaired) electrons. The van der Waals surface area contributed by atoms with Crippen LogP contribution >= 0.6 is 23.2 Å². The fraction of sp³-hybridized carbons (Fsp3) is 0.333. The van der Waals surface area contributed by atoms with Crippen molar-refractivity contribution in [1.29, 1.82) is 0 Å². The molecule has 0 saturated carbocycles. The van der Waals surface area contributed by atoms with Gasteiger partial charge in [-0.05, 0) is 42.3 Å². The van der Waals surface area contributed by atoms with Gasteiger partial charge in [0, 0.05) is 28.2 Å². The Balaban J connectivity index is 1.92. The summed E-state index contributed by atoms with van der Waals surface area (Å²) in [4.78, 5) is 24.4. The van der Waals surface area contributed by atoms with Crippen LogP contribution in [0.15, 0.2) is 42.5 Å². The third-order valence-corrected chi connectivity index (χ3v) is 5.49. The molecule has 0 fully saturated rings. The minimum absolute atomic E-state index is 0.00633. The highest BCUT2D eigenvalue weighted by Crippen LogP contribution is 2.30. The second kappa shape index (κ2) is 11.4. The van der Waals surface area contributed by atoms with Gasteiger partial charge in [-0.2, -0.15) is 0 Å². The molecule has 1 amide bonds. The average molecular weight is 487 g/mol. The Morgan fingerprint density at radius 3 is 2.52 bits per heavy atom. The van der Waals surface area contributed by atoms with Gasteiger partial charge in [-0.3, -0.25) is 9.52 Å². The molecular weight excluding hydrogens is 463 g/mol. The van der Waals surface area contributed by atoms with E-state index in [2.05, 4.69) is 10.0 Å². The number of rotatable bonds is 10. The summed E-state index contributed by atoms with van der Waals surface area (Å²) in [6.45, 7) is 1.91. The summed E-state index contributed by atoms with van der Waals surface area (Å²) < 4.78 is 29.9. The molecule has 1 atom stereocenters. The molecule has 10 heteroatoms. The number of halogens is 2. The topological polar surface area (TPSA) is 102 Å². The van der Waals surface area contributed by atoms with Crippen LogP contribution < -0.4 is 10.0 Å². The third kappa shape index (κ3) is 8.40. The van der Waals surface area contributed by atoms with Gasteiger partial charge in [0.25, 0.3) is 5.91 Å². The lowest BCUT2D eigenvalue weighted by Crippen LogP contribution is -2.32. The second-order valence-corrected chi connectivity index (χ2v) is 9.58. The number of hydrogen-bond acceptors (Lipinski definition) is 5. The first kappa shape index (κ1) is 25.0. The Bertz CT molecular complexity index is 1040. The van der Waals surface area contributed by atoms with E-state index in [1.807, 2.05) is 13.0 Å². The number of benzene rings is 2. The molecule has 0 bridgehead atoms. The molecule has 2 aromatic carbocycles. The quantitative estimate of drug-likeness (QED) is 0.489. The van der Waals surface area contributed by atoms with Gasteiger partial charge in [0.15, 0.2) is 6.61 Å². The average Bonchev–Trinajstić information content (AvgIpc) is 2.68. The maximum Gasteiger partial charge on any atom is 0.338 e. The second-order valence-electron chi connectivity index (χ2n) is 6.99. The lowest BCUT2D eigenvalue weighted by Gasteiger charge is -2.19. The van der Waals surface area contributed by atoms with E-state index >= 15 is 0 Å². The van der Waals surface area contributed by atoms with Crippen LogP contribution in [-0.2, 0) is 19.6 Å². The van der Waals surface area contributed by atoms with Crippen molar-refractivity contribution in [3.63, 3.8) is 0 Å². The molecule has 168 valence electrons. The number of hydrogen-bond donors (Lipinski definition) is 2. The molecule has 2 rings (SSSR count). The minimum Gasteiger partial charge on any atom is -0.452 e. The van der Waals surface area contributed by atoms with Crippen LogP contribution in [0.5, 0.6) is 0 Å². The van der Waals surface area contributed by atoms with Crippen LogP contribution in [0, 0.1) is 0 Å². The van der Waals surface area contributed by atoms with Crippen molar-refractivity contribution in [2.45, 2.75) is 25.7 Å². The molecule has 2 N–H and O–H groups in total. The number of amides is 1. The summed E-state index contributed by atoms with van der Waals surface area (Å²) in [6, 6.07) is 11.1. The van der Waals surface area contributed by atoms with Crippen LogP contribution in [0.2, 0.25) is 10.0 Å². The van der Waals surface area contributed by atoms with Gasteiger partial charge in [-0.25, -0.2) is 13.2 Å². The van der Waals surface area contributed by atoms with E-state index in [1.165, 1.54) is 24.3 Å². The lowest BCUT2D eigenvalue weighted by molar-refractivity contribution is -0.124. The zero-order chi connectivity index (χ0) is 23.0. The van der Waals surface area contributed by atoms with E-state index < -0.39 is 28.5 Å². The van der Waals surface area contributed by atoms with E-state index in [9.17, 15) is 18.0 Å². The van der Waals surface area contributed by atoms with Crippen molar-refractivity contribution < 1.29 is 22.7 Å². The monoisotopic (exact) mass is 486 g/mol. The number of anilines is 1. The molecule has 7 nitrogen and oxygen atoms in total. The van der Waals surface area contributed by atoms with Gasteiger partial charge in [-0.1, -0.05) is 48.7 Å². The normalized spacial score (nSPS) is 12.1. The molecule has 0 aliphatic rings. The summed E-state index contributed by atoms with van der Waals surface area (Å²) in [5.41, 5.74) is 1.24. The first-order valence-corrected chi connectivity index (χ1v) is 12.2. The number of nitrogens with one attached hydrogen (secondary N) is 2. The molecule has 0 aliphatic carbocycles. The van der Waals surface area contributed by atoms with Gasteiger partial charge < -0.3 is 10.1 Å². The number of carbonyl (C=O) groups is 2. The molecule has 0 spiro atoms. The molecule has 0 aliphatic heterocycles. The molecule has 1 unspecified atom stereocenters. The summed E-state index contributed by atoms with van der Waals surface area (Å²) >= 11 is 12.2. The molecule has 0 aromatic heterocycles. The summed E-state index contributed by atoms with van der Waals surface area (Å²) in [5.74, 6) is -1.20. The molecule has 2 aromatic rings. The lowest BCUT2D eigenvalue weighted by atomic mass is 9.94. The zero-order valence-electron chi connectivity index (χ0n) is 17.2. The van der Waals surface area contributed by atoms with Crippen LogP contribution in [0.4, 0.5) is 5.69 Å². The smallest absolute Gasteiger partial charge is 0.338 e. The van der Waals surface area contributed by atoms with Crippen LogP contribution in [0.3, 0.4) is 0 Å². The fourth-order valence-electron chi connectivity index (χ4n) is 2.97. The first-order chi connectivity index (χ1) is 14.6. The van der Waals surface area contributed by atoms with Crippen molar-refractivity contribution in [3.05, 3.63) is 63.6 Å².